The van der Waals surface area contributed by atoms with E-state index in [4.69, 9.17) is 0 Å². The van der Waals surface area contributed by atoms with Crippen LogP contribution >= 0.6 is 15.9 Å². The first-order chi connectivity index (χ1) is 9.11. The van der Waals surface area contributed by atoms with Crippen LogP contribution in [-0.4, -0.2) is 37.6 Å². The Bertz CT molecular complexity index is 433. The van der Waals surface area contributed by atoms with E-state index in [9.17, 15) is 0 Å². The molecule has 1 spiro atoms. The molecule has 3 rings (SSSR count). The molecule has 0 saturated carbocycles. The van der Waals surface area contributed by atoms with Crippen LogP contribution < -0.4 is 5.32 Å². The number of halogens is 1. The second-order valence-corrected chi connectivity index (χ2v) is 7.30. The zero-order valence-electron chi connectivity index (χ0n) is 11.8. The van der Waals surface area contributed by atoms with Crippen LogP contribution in [0, 0.1) is 5.41 Å². The summed E-state index contributed by atoms with van der Waals surface area (Å²) < 4.78 is 1.17. The van der Waals surface area contributed by atoms with Crippen LogP contribution in [0.4, 0.5) is 0 Å². The van der Waals surface area contributed by atoms with Crippen molar-refractivity contribution >= 4 is 15.9 Å². The van der Waals surface area contributed by atoms with Crippen LogP contribution in [0.3, 0.4) is 0 Å². The lowest BCUT2D eigenvalue weighted by atomic mass is 9.67. The minimum atomic E-state index is 0.479. The van der Waals surface area contributed by atoms with Gasteiger partial charge in [-0.05, 0) is 56.5 Å². The number of rotatable bonds is 1. The van der Waals surface area contributed by atoms with Crippen LogP contribution in [0.2, 0.25) is 0 Å². The first-order valence-corrected chi connectivity index (χ1v) is 8.06. The Labute approximate surface area is 124 Å². The highest BCUT2D eigenvalue weighted by Gasteiger charge is 2.47. The summed E-state index contributed by atoms with van der Waals surface area (Å²) >= 11 is 3.54. The number of likely N-dealkylation sites (tertiary alicyclic amines) is 1. The Balaban J connectivity index is 1.91. The summed E-state index contributed by atoms with van der Waals surface area (Å²) in [6.07, 6.45) is 2.65. The fourth-order valence-electron chi connectivity index (χ4n) is 4.04. The van der Waals surface area contributed by atoms with Gasteiger partial charge < -0.3 is 10.2 Å². The molecule has 3 unspecified atom stereocenters. The molecular weight excluding hydrogens is 300 g/mol. The zero-order chi connectivity index (χ0) is 13.5. The number of hydrogen-bond acceptors (Lipinski definition) is 2. The van der Waals surface area contributed by atoms with Crippen LogP contribution in [0.5, 0.6) is 0 Å². The molecule has 2 fully saturated rings. The Morgan fingerprint density at radius 3 is 2.68 bits per heavy atom. The van der Waals surface area contributed by atoms with Crippen molar-refractivity contribution < 1.29 is 0 Å². The predicted octanol–water partition coefficient (Wildman–Crippen LogP) is 3.24. The maximum absolute atomic E-state index is 3.60. The first kappa shape index (κ1) is 13.6. The molecule has 1 aromatic rings. The molecule has 2 aliphatic heterocycles. The van der Waals surface area contributed by atoms with Crippen LogP contribution in [0.1, 0.15) is 31.2 Å². The van der Waals surface area contributed by atoms with Crippen LogP contribution in [0.25, 0.3) is 0 Å². The van der Waals surface area contributed by atoms with Gasteiger partial charge in [0, 0.05) is 29.5 Å². The monoisotopic (exact) mass is 322 g/mol. The van der Waals surface area contributed by atoms with E-state index in [0.717, 1.165) is 12.6 Å². The fourth-order valence-corrected chi connectivity index (χ4v) is 4.30. The summed E-state index contributed by atoms with van der Waals surface area (Å²) in [7, 11) is 2.28. The summed E-state index contributed by atoms with van der Waals surface area (Å²) in [6.45, 7) is 5.92. The first-order valence-electron chi connectivity index (χ1n) is 7.27. The van der Waals surface area contributed by atoms with Crippen molar-refractivity contribution in [2.75, 3.05) is 26.7 Å². The van der Waals surface area contributed by atoms with E-state index in [1.54, 1.807) is 0 Å². The Morgan fingerprint density at radius 1 is 1.32 bits per heavy atom. The summed E-state index contributed by atoms with van der Waals surface area (Å²) in [5, 5.41) is 3.60. The van der Waals surface area contributed by atoms with Crippen LogP contribution in [-0.2, 0) is 0 Å². The number of benzene rings is 1. The third-order valence-electron chi connectivity index (χ3n) is 5.18. The smallest absolute Gasteiger partial charge is 0.0175 e. The van der Waals surface area contributed by atoms with Crippen molar-refractivity contribution in [3.63, 3.8) is 0 Å². The summed E-state index contributed by atoms with van der Waals surface area (Å²) in [6, 6.07) is 9.68. The Morgan fingerprint density at radius 2 is 2.05 bits per heavy atom. The molecule has 3 atom stereocenters. The van der Waals surface area contributed by atoms with E-state index < -0.39 is 0 Å². The quantitative estimate of drug-likeness (QED) is 0.854. The minimum Gasteiger partial charge on any atom is -0.316 e. The molecule has 0 amide bonds. The molecule has 0 aromatic heterocycles. The number of nitrogens with zero attached hydrogens (tertiary/aromatic N) is 1. The van der Waals surface area contributed by atoms with Gasteiger partial charge in [-0.1, -0.05) is 28.1 Å². The second-order valence-electron chi connectivity index (χ2n) is 6.39. The largest absolute Gasteiger partial charge is 0.316 e. The molecule has 2 heterocycles. The van der Waals surface area contributed by atoms with Gasteiger partial charge in [0.15, 0.2) is 0 Å². The topological polar surface area (TPSA) is 15.3 Å². The summed E-state index contributed by atoms with van der Waals surface area (Å²) in [5.41, 5.74) is 1.98. The van der Waals surface area contributed by atoms with Crippen molar-refractivity contribution in [3.8, 4) is 0 Å². The highest BCUT2D eigenvalue weighted by atomic mass is 79.9. The predicted molar refractivity (Wildman–Crippen MR) is 83.5 cm³/mol. The fraction of sp³-hybridized carbons (Fsp3) is 0.625. The van der Waals surface area contributed by atoms with Gasteiger partial charge in [0.25, 0.3) is 0 Å². The van der Waals surface area contributed by atoms with Crippen molar-refractivity contribution in [1.29, 1.82) is 0 Å². The van der Waals surface area contributed by atoms with E-state index in [0.29, 0.717) is 11.3 Å². The average Bonchev–Trinajstić information content (AvgIpc) is 2.67. The molecule has 2 saturated heterocycles. The molecule has 1 N–H and O–H groups in total. The Kier molecular flexibility index (Phi) is 3.71. The van der Waals surface area contributed by atoms with Crippen molar-refractivity contribution in [3.05, 3.63) is 34.3 Å². The average molecular weight is 323 g/mol. The van der Waals surface area contributed by atoms with Gasteiger partial charge in [-0.2, -0.15) is 0 Å². The normalized spacial score (nSPS) is 35.9. The molecular formula is C16H23BrN2. The van der Waals surface area contributed by atoms with E-state index in [1.807, 2.05) is 0 Å². The van der Waals surface area contributed by atoms with Crippen LogP contribution in [0.15, 0.2) is 28.7 Å². The number of piperidine rings is 1. The summed E-state index contributed by atoms with van der Waals surface area (Å²) in [4.78, 5) is 2.54. The molecule has 3 heteroatoms. The maximum atomic E-state index is 3.60. The Hall–Kier alpha value is -0.380. The second kappa shape index (κ2) is 5.19. The zero-order valence-corrected chi connectivity index (χ0v) is 13.4. The van der Waals surface area contributed by atoms with Crippen molar-refractivity contribution in [2.45, 2.75) is 31.7 Å². The van der Waals surface area contributed by atoms with Crippen molar-refractivity contribution in [2.24, 2.45) is 5.41 Å². The highest BCUT2D eigenvalue weighted by molar-refractivity contribution is 9.10. The molecule has 2 nitrogen and oxygen atoms in total. The lowest BCUT2D eigenvalue weighted by Crippen LogP contribution is -2.45. The van der Waals surface area contributed by atoms with Gasteiger partial charge in [0.2, 0.25) is 0 Å². The minimum absolute atomic E-state index is 0.479. The highest BCUT2D eigenvalue weighted by Crippen LogP contribution is 2.49. The van der Waals surface area contributed by atoms with Gasteiger partial charge in [-0.15, -0.1) is 0 Å². The third-order valence-corrected chi connectivity index (χ3v) is 5.71. The lowest BCUT2D eigenvalue weighted by molar-refractivity contribution is 0.170. The molecule has 0 bridgehead atoms. The van der Waals surface area contributed by atoms with Gasteiger partial charge >= 0.3 is 0 Å². The van der Waals surface area contributed by atoms with E-state index in [1.165, 1.54) is 36.0 Å². The van der Waals surface area contributed by atoms with Gasteiger partial charge in [-0.25, -0.2) is 0 Å². The van der Waals surface area contributed by atoms with Gasteiger partial charge in [0.1, 0.15) is 0 Å². The molecule has 0 aliphatic carbocycles. The molecule has 19 heavy (non-hydrogen) atoms. The number of hydrogen-bond donors (Lipinski definition) is 1. The molecule has 2 aliphatic rings. The third kappa shape index (κ3) is 2.48. The van der Waals surface area contributed by atoms with Gasteiger partial charge in [0.05, 0.1) is 0 Å². The standard InChI is InChI=1S/C16H23BrN2/c1-12-9-16(11-19(12)2)7-8-18-10-15(16)13-3-5-14(17)6-4-13/h3-6,12,15,18H,7-11H2,1-2H3. The molecule has 0 radical (unpaired) electrons. The van der Waals surface area contributed by atoms with E-state index >= 15 is 0 Å². The molecule has 1 aromatic carbocycles. The van der Waals surface area contributed by atoms with Crippen molar-refractivity contribution in [1.82, 2.24) is 10.2 Å². The van der Waals surface area contributed by atoms with Gasteiger partial charge in [-0.3, -0.25) is 0 Å². The maximum Gasteiger partial charge on any atom is 0.0175 e. The van der Waals surface area contributed by atoms with E-state index in [2.05, 4.69) is 64.4 Å². The molecule has 104 valence electrons. The van der Waals surface area contributed by atoms with E-state index in [-0.39, 0.29) is 0 Å². The summed E-state index contributed by atoms with van der Waals surface area (Å²) in [5.74, 6) is 0.654. The number of nitrogens with one attached hydrogen (secondary N) is 1. The lowest BCUT2D eigenvalue weighted by Gasteiger charge is -2.42. The SMILES string of the molecule is CC1CC2(CCNCC2c2ccc(Br)cc2)CN1C.